The lowest BCUT2D eigenvalue weighted by molar-refractivity contribution is -0.0484. The lowest BCUT2D eigenvalue weighted by Gasteiger charge is -2.32. The summed E-state index contributed by atoms with van der Waals surface area (Å²) in [6.45, 7) is 3.22. The molecule has 1 saturated heterocycles. The molecule has 4 rings (SSSR count). The fourth-order valence-corrected chi connectivity index (χ4v) is 4.14. The van der Waals surface area contributed by atoms with Crippen molar-refractivity contribution in [2.24, 2.45) is 0 Å². The van der Waals surface area contributed by atoms with Gasteiger partial charge in [-0.05, 0) is 43.7 Å². The summed E-state index contributed by atoms with van der Waals surface area (Å²) in [7, 11) is 1.59. The van der Waals surface area contributed by atoms with Gasteiger partial charge < -0.3 is 19.5 Å². The molecule has 0 aliphatic carbocycles. The molecule has 1 aliphatic rings. The third-order valence-electron chi connectivity index (χ3n) is 5.61. The fourth-order valence-electron chi connectivity index (χ4n) is 3.84. The Balaban J connectivity index is 1.48. The Hall–Kier alpha value is -2.39. The highest BCUT2D eigenvalue weighted by Gasteiger charge is 2.22. The number of anilines is 2. The maximum absolute atomic E-state index is 12.4. The lowest BCUT2D eigenvalue weighted by Crippen LogP contribution is -2.45. The monoisotopic (exact) mass is 508 g/mol. The normalized spacial score (nSPS) is 16.5. The van der Waals surface area contributed by atoms with E-state index in [0.717, 1.165) is 37.1 Å². The number of rotatable bonds is 10. The van der Waals surface area contributed by atoms with E-state index in [2.05, 4.69) is 20.2 Å². The molecular weight excluding hydrogens is 482 g/mol. The average Bonchev–Trinajstić information content (AvgIpc) is 2.85. The van der Waals surface area contributed by atoms with Gasteiger partial charge in [-0.1, -0.05) is 23.2 Å². The van der Waals surface area contributed by atoms with Crippen LogP contribution in [0.2, 0.25) is 10.0 Å². The Bertz CT molecular complexity index is 1120. The number of nitrogens with one attached hydrogen (secondary N) is 1. The fraction of sp³-hybridized carbons (Fsp3) is 0.417. The summed E-state index contributed by atoms with van der Waals surface area (Å²) in [6.07, 6.45) is 2.85. The largest absolute Gasteiger partial charge is 0.493 e. The first-order chi connectivity index (χ1) is 16.6. The average molecular weight is 509 g/mol. The van der Waals surface area contributed by atoms with Crippen molar-refractivity contribution < 1.29 is 18.6 Å². The zero-order valence-electron chi connectivity index (χ0n) is 18.9. The predicted molar refractivity (Wildman–Crippen MR) is 133 cm³/mol. The smallest absolute Gasteiger partial charge is 0.163 e. The molecule has 7 nitrogen and oxygen atoms in total. The van der Waals surface area contributed by atoms with Crippen LogP contribution in [0.25, 0.3) is 10.9 Å². The van der Waals surface area contributed by atoms with Crippen molar-refractivity contribution in [3.63, 3.8) is 0 Å². The van der Waals surface area contributed by atoms with Gasteiger partial charge in [-0.25, -0.2) is 9.97 Å². The van der Waals surface area contributed by atoms with Crippen molar-refractivity contribution in [2.75, 3.05) is 51.9 Å². The zero-order chi connectivity index (χ0) is 23.9. The first-order valence-electron chi connectivity index (χ1n) is 11.1. The number of aromatic nitrogens is 2. The zero-order valence-corrected chi connectivity index (χ0v) is 20.4. The number of benzene rings is 2. The van der Waals surface area contributed by atoms with Crippen LogP contribution in [0.1, 0.15) is 12.8 Å². The standard InChI is InChI=1S/C24H27Cl2FN4O3/c1-32-22-11-18-21(28-15-29-24(18)30-16-4-5-19(25)20(26)10-16)12-23(22)34-14-17-13-31(8-9-33-17)7-3-2-6-27/h4-5,10-12,15,17H,2-3,6-9,13-14H2,1H3,(H,28,29,30). The maximum atomic E-state index is 12.4. The highest BCUT2D eigenvalue weighted by Crippen LogP contribution is 2.35. The van der Waals surface area contributed by atoms with E-state index in [9.17, 15) is 4.39 Å². The number of alkyl halides is 1. The second-order valence-corrected chi connectivity index (χ2v) is 8.81. The third kappa shape index (κ3) is 6.18. The SMILES string of the molecule is COc1cc2c(Nc3ccc(Cl)c(Cl)c3)ncnc2cc1OCC1CN(CCCCF)CCO1. The van der Waals surface area contributed by atoms with E-state index in [4.69, 9.17) is 37.4 Å². The Kier molecular flexibility index (Phi) is 8.61. The number of unbranched alkanes of at least 4 members (excludes halogenated alkanes) is 1. The summed E-state index contributed by atoms with van der Waals surface area (Å²) in [5, 5.41) is 4.95. The quantitative estimate of drug-likeness (QED) is 0.361. The molecule has 1 N–H and O–H groups in total. The number of nitrogens with zero attached hydrogens (tertiary/aromatic N) is 3. The summed E-state index contributed by atoms with van der Waals surface area (Å²) < 4.78 is 29.9. The Labute approximate surface area is 208 Å². The first-order valence-corrected chi connectivity index (χ1v) is 11.9. The molecule has 1 unspecified atom stereocenters. The topological polar surface area (TPSA) is 68.7 Å². The van der Waals surface area contributed by atoms with Crippen molar-refractivity contribution >= 4 is 45.6 Å². The highest BCUT2D eigenvalue weighted by atomic mass is 35.5. The Morgan fingerprint density at radius 1 is 1.15 bits per heavy atom. The number of hydrogen-bond donors (Lipinski definition) is 1. The van der Waals surface area contributed by atoms with Gasteiger partial charge in [0.1, 0.15) is 24.9 Å². The molecule has 0 saturated carbocycles. The van der Waals surface area contributed by atoms with Crippen molar-refractivity contribution in [3.05, 3.63) is 46.7 Å². The van der Waals surface area contributed by atoms with Gasteiger partial charge >= 0.3 is 0 Å². The van der Waals surface area contributed by atoms with Gasteiger partial charge in [-0.3, -0.25) is 9.29 Å². The Morgan fingerprint density at radius 2 is 2.03 bits per heavy atom. The van der Waals surface area contributed by atoms with E-state index in [1.807, 2.05) is 18.2 Å². The van der Waals surface area contributed by atoms with Gasteiger partial charge in [0.15, 0.2) is 11.5 Å². The highest BCUT2D eigenvalue weighted by molar-refractivity contribution is 6.42. The van der Waals surface area contributed by atoms with Crippen LogP contribution in [0.3, 0.4) is 0 Å². The molecule has 1 atom stereocenters. The first kappa shape index (κ1) is 24.7. The van der Waals surface area contributed by atoms with Gasteiger partial charge in [0, 0.05) is 30.2 Å². The predicted octanol–water partition coefficient (Wildman–Crippen LogP) is 5.52. The van der Waals surface area contributed by atoms with Crippen molar-refractivity contribution in [1.29, 1.82) is 0 Å². The van der Waals surface area contributed by atoms with Gasteiger partial charge in [0.25, 0.3) is 0 Å². The number of halogens is 3. The van der Waals surface area contributed by atoms with Crippen LogP contribution >= 0.6 is 23.2 Å². The summed E-state index contributed by atoms with van der Waals surface area (Å²) >= 11 is 12.2. The van der Waals surface area contributed by atoms with Crippen LogP contribution in [0.4, 0.5) is 15.9 Å². The van der Waals surface area contributed by atoms with Crippen LogP contribution in [0.15, 0.2) is 36.7 Å². The Morgan fingerprint density at radius 3 is 2.82 bits per heavy atom. The van der Waals surface area contributed by atoms with Crippen LogP contribution in [-0.4, -0.2) is 67.6 Å². The molecule has 2 aromatic carbocycles. The van der Waals surface area contributed by atoms with Crippen LogP contribution < -0.4 is 14.8 Å². The van der Waals surface area contributed by atoms with E-state index in [1.165, 1.54) is 6.33 Å². The van der Waals surface area contributed by atoms with Gasteiger partial charge in [-0.2, -0.15) is 0 Å². The molecule has 0 bridgehead atoms. The molecule has 182 valence electrons. The lowest BCUT2D eigenvalue weighted by atomic mass is 10.2. The molecule has 0 amide bonds. The van der Waals surface area contributed by atoms with E-state index >= 15 is 0 Å². The number of methoxy groups -OCH3 is 1. The minimum Gasteiger partial charge on any atom is -0.493 e. The molecule has 10 heteroatoms. The van der Waals surface area contributed by atoms with Crippen LogP contribution in [0, 0.1) is 0 Å². The molecule has 3 aromatic rings. The molecule has 1 fully saturated rings. The van der Waals surface area contributed by atoms with Crippen LogP contribution in [0.5, 0.6) is 11.5 Å². The molecular formula is C24H27Cl2FN4O3. The molecule has 0 spiro atoms. The summed E-state index contributed by atoms with van der Waals surface area (Å²) in [5.74, 6) is 1.75. The maximum Gasteiger partial charge on any atom is 0.163 e. The van der Waals surface area contributed by atoms with Crippen molar-refractivity contribution in [3.8, 4) is 11.5 Å². The molecule has 34 heavy (non-hydrogen) atoms. The van der Waals surface area contributed by atoms with Gasteiger partial charge in [0.05, 0.1) is 36.0 Å². The third-order valence-corrected chi connectivity index (χ3v) is 6.35. The van der Waals surface area contributed by atoms with Crippen LogP contribution in [-0.2, 0) is 4.74 Å². The minimum absolute atomic E-state index is 0.0724. The van der Waals surface area contributed by atoms with Gasteiger partial charge in [-0.15, -0.1) is 0 Å². The van der Waals surface area contributed by atoms with Crippen molar-refractivity contribution in [1.82, 2.24) is 14.9 Å². The molecule has 2 heterocycles. The van der Waals surface area contributed by atoms with E-state index in [1.54, 1.807) is 19.2 Å². The number of ether oxygens (including phenoxy) is 3. The summed E-state index contributed by atoms with van der Waals surface area (Å²) in [6, 6.07) is 8.95. The van der Waals surface area contributed by atoms with E-state index in [0.29, 0.717) is 52.5 Å². The molecule has 0 radical (unpaired) electrons. The van der Waals surface area contributed by atoms with Crippen molar-refractivity contribution in [2.45, 2.75) is 18.9 Å². The minimum atomic E-state index is -0.271. The number of hydrogen-bond acceptors (Lipinski definition) is 7. The number of fused-ring (bicyclic) bond motifs is 1. The summed E-state index contributed by atoms with van der Waals surface area (Å²) in [5.41, 5.74) is 1.45. The molecule has 1 aliphatic heterocycles. The van der Waals surface area contributed by atoms with E-state index in [-0.39, 0.29) is 12.8 Å². The second-order valence-electron chi connectivity index (χ2n) is 8.00. The summed E-state index contributed by atoms with van der Waals surface area (Å²) in [4.78, 5) is 11.1. The number of morpholine rings is 1. The van der Waals surface area contributed by atoms with Gasteiger partial charge in [0.2, 0.25) is 0 Å². The molecule has 1 aromatic heterocycles. The second kappa shape index (κ2) is 11.8. The van der Waals surface area contributed by atoms with E-state index < -0.39 is 0 Å².